The average molecular weight is 232 g/mol. The van der Waals surface area contributed by atoms with Crippen molar-refractivity contribution in [2.45, 2.75) is 19.8 Å². The van der Waals surface area contributed by atoms with Gasteiger partial charge in [-0.3, -0.25) is 0 Å². The quantitative estimate of drug-likeness (QED) is 0.850. The van der Waals surface area contributed by atoms with Crippen molar-refractivity contribution in [1.29, 1.82) is 5.26 Å². The van der Waals surface area contributed by atoms with E-state index in [0.29, 0.717) is 12.3 Å². The van der Waals surface area contributed by atoms with Gasteiger partial charge < -0.3 is 5.32 Å². The van der Waals surface area contributed by atoms with Crippen molar-refractivity contribution in [3.05, 3.63) is 35.6 Å². The van der Waals surface area contributed by atoms with Crippen LogP contribution < -0.4 is 5.32 Å². The summed E-state index contributed by atoms with van der Waals surface area (Å²) >= 11 is 0. The zero-order valence-electron chi connectivity index (χ0n) is 10.0. The maximum absolute atomic E-state index is 12.8. The Morgan fingerprint density at radius 1 is 1.47 bits per heavy atom. The first kappa shape index (κ1) is 12.1. The van der Waals surface area contributed by atoms with Crippen molar-refractivity contribution in [2.24, 2.45) is 11.3 Å². The van der Waals surface area contributed by atoms with E-state index < -0.39 is 0 Å². The van der Waals surface area contributed by atoms with Gasteiger partial charge in [0.05, 0.1) is 11.5 Å². The smallest absolute Gasteiger partial charge is 0.123 e. The van der Waals surface area contributed by atoms with Crippen molar-refractivity contribution >= 4 is 0 Å². The van der Waals surface area contributed by atoms with Crippen LogP contribution in [0.1, 0.15) is 18.9 Å². The fraction of sp³-hybridized carbons (Fsp3) is 0.500. The summed E-state index contributed by atoms with van der Waals surface area (Å²) < 4.78 is 12.8. The summed E-state index contributed by atoms with van der Waals surface area (Å²) in [6.45, 7) is 3.88. The normalized spacial score (nSPS) is 28.6. The standard InChI is InChI=1S/C14H17FN2/c1-11-9-17-7-6-14(11,10-16)8-12-2-4-13(15)5-3-12/h2-5,11,17H,6-9H2,1H3. The summed E-state index contributed by atoms with van der Waals surface area (Å²) in [5.74, 6) is 0.101. The Balaban J connectivity index is 2.19. The van der Waals surface area contributed by atoms with Gasteiger partial charge in [-0.1, -0.05) is 19.1 Å². The summed E-state index contributed by atoms with van der Waals surface area (Å²) in [4.78, 5) is 0. The van der Waals surface area contributed by atoms with Crippen LogP contribution in [-0.2, 0) is 6.42 Å². The van der Waals surface area contributed by atoms with Gasteiger partial charge in [0.2, 0.25) is 0 Å². The molecule has 0 radical (unpaired) electrons. The van der Waals surface area contributed by atoms with E-state index in [-0.39, 0.29) is 11.2 Å². The lowest BCUT2D eigenvalue weighted by Gasteiger charge is -2.37. The van der Waals surface area contributed by atoms with Crippen LogP contribution in [0.5, 0.6) is 0 Å². The molecule has 1 aliphatic heterocycles. The molecule has 0 spiro atoms. The van der Waals surface area contributed by atoms with Crippen molar-refractivity contribution in [2.75, 3.05) is 13.1 Å². The number of hydrogen-bond donors (Lipinski definition) is 1. The molecule has 1 saturated heterocycles. The van der Waals surface area contributed by atoms with E-state index in [9.17, 15) is 9.65 Å². The van der Waals surface area contributed by atoms with Crippen molar-refractivity contribution in [3.8, 4) is 6.07 Å². The lowest BCUT2D eigenvalue weighted by atomic mass is 9.69. The summed E-state index contributed by atoms with van der Waals surface area (Å²) in [7, 11) is 0. The van der Waals surface area contributed by atoms with Gasteiger partial charge in [0.25, 0.3) is 0 Å². The molecular formula is C14H17FN2. The van der Waals surface area contributed by atoms with Gasteiger partial charge in [-0.25, -0.2) is 4.39 Å². The molecule has 0 aliphatic carbocycles. The first-order valence-electron chi connectivity index (χ1n) is 6.03. The predicted molar refractivity (Wildman–Crippen MR) is 64.8 cm³/mol. The summed E-state index contributed by atoms with van der Waals surface area (Å²) in [6.07, 6.45) is 1.58. The van der Waals surface area contributed by atoms with Crippen molar-refractivity contribution in [3.63, 3.8) is 0 Å². The van der Waals surface area contributed by atoms with Gasteiger partial charge in [0.15, 0.2) is 0 Å². The lowest BCUT2D eigenvalue weighted by Crippen LogP contribution is -2.44. The van der Waals surface area contributed by atoms with E-state index in [1.165, 1.54) is 12.1 Å². The first-order valence-corrected chi connectivity index (χ1v) is 6.03. The van der Waals surface area contributed by atoms with Crippen LogP contribution in [0.2, 0.25) is 0 Å². The Labute approximate surface area is 101 Å². The van der Waals surface area contributed by atoms with Gasteiger partial charge >= 0.3 is 0 Å². The lowest BCUT2D eigenvalue weighted by molar-refractivity contribution is 0.189. The van der Waals surface area contributed by atoms with Gasteiger partial charge in [0.1, 0.15) is 5.82 Å². The molecule has 2 atom stereocenters. The highest BCUT2D eigenvalue weighted by Crippen LogP contribution is 2.36. The molecule has 0 saturated carbocycles. The molecule has 0 bridgehead atoms. The third-order valence-electron chi connectivity index (χ3n) is 3.80. The zero-order valence-corrected chi connectivity index (χ0v) is 10.0. The zero-order chi connectivity index (χ0) is 12.3. The van der Waals surface area contributed by atoms with Gasteiger partial charge in [0, 0.05) is 0 Å². The molecule has 17 heavy (non-hydrogen) atoms. The molecule has 1 aromatic carbocycles. The fourth-order valence-corrected chi connectivity index (χ4v) is 2.51. The third kappa shape index (κ3) is 2.48. The predicted octanol–water partition coefficient (Wildman–Crippen LogP) is 2.51. The molecular weight excluding hydrogens is 215 g/mol. The molecule has 1 N–H and O–H groups in total. The number of piperidine rings is 1. The van der Waals surface area contributed by atoms with E-state index in [1.807, 2.05) is 0 Å². The number of benzene rings is 1. The highest BCUT2D eigenvalue weighted by molar-refractivity contribution is 5.21. The van der Waals surface area contributed by atoms with Crippen LogP contribution in [0.4, 0.5) is 4.39 Å². The van der Waals surface area contributed by atoms with E-state index in [1.54, 1.807) is 12.1 Å². The molecule has 1 aliphatic rings. The van der Waals surface area contributed by atoms with Gasteiger partial charge in [-0.15, -0.1) is 0 Å². The van der Waals surface area contributed by atoms with E-state index in [2.05, 4.69) is 18.3 Å². The van der Waals surface area contributed by atoms with Crippen LogP contribution in [0, 0.1) is 28.5 Å². The second-order valence-corrected chi connectivity index (χ2v) is 4.93. The minimum atomic E-state index is -0.303. The Morgan fingerprint density at radius 3 is 2.76 bits per heavy atom. The average Bonchev–Trinajstić information content (AvgIpc) is 2.35. The maximum Gasteiger partial charge on any atom is 0.123 e. The molecule has 0 aromatic heterocycles. The number of nitrogens with one attached hydrogen (secondary N) is 1. The van der Waals surface area contributed by atoms with Crippen LogP contribution in [0.3, 0.4) is 0 Å². The number of nitriles is 1. The third-order valence-corrected chi connectivity index (χ3v) is 3.80. The Bertz CT molecular complexity index is 421. The van der Waals surface area contributed by atoms with Crippen molar-refractivity contribution < 1.29 is 4.39 Å². The van der Waals surface area contributed by atoms with Crippen LogP contribution in [0.15, 0.2) is 24.3 Å². The molecule has 3 heteroatoms. The van der Waals surface area contributed by atoms with E-state index in [0.717, 1.165) is 25.1 Å². The molecule has 2 unspecified atom stereocenters. The molecule has 2 rings (SSSR count). The van der Waals surface area contributed by atoms with Crippen LogP contribution in [0.25, 0.3) is 0 Å². The highest BCUT2D eigenvalue weighted by Gasteiger charge is 2.38. The van der Waals surface area contributed by atoms with Gasteiger partial charge in [-0.05, 0) is 49.5 Å². The highest BCUT2D eigenvalue weighted by atomic mass is 19.1. The van der Waals surface area contributed by atoms with E-state index >= 15 is 0 Å². The first-order chi connectivity index (χ1) is 8.16. The van der Waals surface area contributed by atoms with Gasteiger partial charge in [-0.2, -0.15) is 5.26 Å². The second-order valence-electron chi connectivity index (χ2n) is 4.93. The van der Waals surface area contributed by atoms with Crippen LogP contribution >= 0.6 is 0 Å². The molecule has 1 heterocycles. The second kappa shape index (κ2) is 4.85. The molecule has 1 fully saturated rings. The Hall–Kier alpha value is -1.40. The maximum atomic E-state index is 12.8. The van der Waals surface area contributed by atoms with Crippen LogP contribution in [-0.4, -0.2) is 13.1 Å². The molecule has 0 amide bonds. The topological polar surface area (TPSA) is 35.8 Å². The van der Waals surface area contributed by atoms with E-state index in [4.69, 9.17) is 0 Å². The fourth-order valence-electron chi connectivity index (χ4n) is 2.51. The number of rotatable bonds is 2. The molecule has 2 nitrogen and oxygen atoms in total. The summed E-state index contributed by atoms with van der Waals surface area (Å²) in [5, 5.41) is 12.8. The Kier molecular flexibility index (Phi) is 3.44. The monoisotopic (exact) mass is 232 g/mol. The largest absolute Gasteiger partial charge is 0.316 e. The SMILES string of the molecule is CC1CNCCC1(C#N)Cc1ccc(F)cc1. The van der Waals surface area contributed by atoms with Crippen molar-refractivity contribution in [1.82, 2.24) is 5.32 Å². The number of hydrogen-bond acceptors (Lipinski definition) is 2. The molecule has 90 valence electrons. The summed E-state index contributed by atoms with van der Waals surface area (Å²) in [5.41, 5.74) is 0.741. The number of halogens is 1. The minimum Gasteiger partial charge on any atom is -0.316 e. The number of nitrogens with zero attached hydrogens (tertiary/aromatic N) is 1. The molecule has 1 aromatic rings. The minimum absolute atomic E-state index is 0.224. The summed E-state index contributed by atoms with van der Waals surface area (Å²) in [6, 6.07) is 8.99. The Morgan fingerprint density at radius 2 is 2.18 bits per heavy atom.